The number of hydrogen-bond acceptors (Lipinski definition) is 0. The molecule has 3 atom stereocenters. The van der Waals surface area contributed by atoms with Gasteiger partial charge in [-0.1, -0.05) is 30.3 Å². The van der Waals surface area contributed by atoms with Gasteiger partial charge in [-0.2, -0.15) is 0 Å². The Balaban J connectivity index is 1.69. The molecular formula is C14H17. The third kappa shape index (κ3) is 1.47. The summed E-state index contributed by atoms with van der Waals surface area (Å²) in [5.41, 5.74) is 1.53. The van der Waals surface area contributed by atoms with Gasteiger partial charge in [-0.25, -0.2) is 0 Å². The quantitative estimate of drug-likeness (QED) is 0.661. The van der Waals surface area contributed by atoms with Gasteiger partial charge in [0.25, 0.3) is 0 Å². The molecular weight excluding hydrogens is 168 g/mol. The van der Waals surface area contributed by atoms with Gasteiger partial charge in [0.1, 0.15) is 0 Å². The van der Waals surface area contributed by atoms with Crippen LogP contribution in [0.25, 0.3) is 0 Å². The first-order valence-electron chi connectivity index (χ1n) is 5.79. The molecule has 0 amide bonds. The normalized spacial score (nSPS) is 35.0. The van der Waals surface area contributed by atoms with Crippen molar-refractivity contribution in [3.63, 3.8) is 0 Å². The Morgan fingerprint density at radius 1 is 1.07 bits per heavy atom. The second-order valence-electron chi connectivity index (χ2n) is 4.91. The molecule has 2 fully saturated rings. The summed E-state index contributed by atoms with van der Waals surface area (Å²) in [6.07, 6.45) is 8.20. The lowest BCUT2D eigenvalue weighted by atomic mass is 9.84. The van der Waals surface area contributed by atoms with Crippen molar-refractivity contribution < 1.29 is 0 Å². The lowest BCUT2D eigenvalue weighted by Gasteiger charge is -2.21. The molecule has 0 heterocycles. The van der Waals surface area contributed by atoms with Crippen molar-refractivity contribution in [2.24, 2.45) is 17.8 Å². The highest BCUT2D eigenvalue weighted by Gasteiger charge is 2.39. The third-order valence-electron chi connectivity index (χ3n) is 3.99. The minimum Gasteiger partial charge on any atom is -0.0622 e. The van der Waals surface area contributed by atoms with Crippen molar-refractivity contribution in [2.45, 2.75) is 25.7 Å². The number of benzene rings is 1. The second kappa shape index (κ2) is 3.42. The zero-order valence-electron chi connectivity index (χ0n) is 8.52. The van der Waals surface area contributed by atoms with Gasteiger partial charge in [0.05, 0.1) is 0 Å². The van der Waals surface area contributed by atoms with Crippen LogP contribution in [0, 0.1) is 24.2 Å². The highest BCUT2D eigenvalue weighted by Crippen LogP contribution is 2.48. The largest absolute Gasteiger partial charge is 0.0622 e. The first-order valence-corrected chi connectivity index (χ1v) is 5.79. The lowest BCUT2D eigenvalue weighted by Crippen LogP contribution is -2.13. The molecule has 0 spiro atoms. The molecule has 1 aromatic rings. The molecule has 73 valence electrons. The fraction of sp³-hybridized carbons (Fsp3) is 0.500. The molecule has 2 aliphatic rings. The van der Waals surface area contributed by atoms with Crippen LogP contribution in [0.2, 0.25) is 0 Å². The van der Waals surface area contributed by atoms with Crippen LogP contribution in [0.5, 0.6) is 0 Å². The molecule has 0 aliphatic heterocycles. The predicted octanol–water partition coefficient (Wildman–Crippen LogP) is 3.48. The maximum atomic E-state index is 2.55. The lowest BCUT2D eigenvalue weighted by molar-refractivity contribution is 0.367. The van der Waals surface area contributed by atoms with Crippen molar-refractivity contribution in [1.29, 1.82) is 0 Å². The molecule has 2 bridgehead atoms. The average Bonchev–Trinajstić information content (AvgIpc) is 2.81. The third-order valence-corrected chi connectivity index (χ3v) is 3.99. The van der Waals surface area contributed by atoms with Crippen molar-refractivity contribution >= 4 is 0 Å². The van der Waals surface area contributed by atoms with Gasteiger partial charge >= 0.3 is 0 Å². The fourth-order valence-electron chi connectivity index (χ4n) is 3.27. The first kappa shape index (κ1) is 8.52. The zero-order valence-corrected chi connectivity index (χ0v) is 8.52. The summed E-state index contributed by atoms with van der Waals surface area (Å²) < 4.78 is 0. The van der Waals surface area contributed by atoms with Crippen LogP contribution in [-0.4, -0.2) is 0 Å². The summed E-state index contributed by atoms with van der Waals surface area (Å²) in [4.78, 5) is 0. The van der Waals surface area contributed by atoms with Gasteiger partial charge in [0, 0.05) is 0 Å². The molecule has 0 aromatic heterocycles. The summed E-state index contributed by atoms with van der Waals surface area (Å²) in [7, 11) is 0. The van der Waals surface area contributed by atoms with Gasteiger partial charge in [0.2, 0.25) is 0 Å². The maximum absolute atomic E-state index is 2.55. The van der Waals surface area contributed by atoms with E-state index in [4.69, 9.17) is 0 Å². The molecule has 14 heavy (non-hydrogen) atoms. The summed E-state index contributed by atoms with van der Waals surface area (Å²) >= 11 is 0. The molecule has 0 nitrogen and oxygen atoms in total. The van der Waals surface area contributed by atoms with E-state index in [1.807, 2.05) is 0 Å². The maximum Gasteiger partial charge on any atom is -0.0248 e. The van der Waals surface area contributed by atoms with E-state index in [9.17, 15) is 0 Å². The van der Waals surface area contributed by atoms with Crippen molar-refractivity contribution in [1.82, 2.24) is 0 Å². The summed E-state index contributed by atoms with van der Waals surface area (Å²) in [5.74, 6) is 2.96. The molecule has 3 rings (SSSR count). The van der Waals surface area contributed by atoms with Gasteiger partial charge < -0.3 is 0 Å². The molecule has 1 aromatic carbocycles. The predicted molar refractivity (Wildman–Crippen MR) is 58.8 cm³/mol. The monoisotopic (exact) mass is 185 g/mol. The average molecular weight is 185 g/mol. The highest BCUT2D eigenvalue weighted by atomic mass is 14.4. The van der Waals surface area contributed by atoms with E-state index in [-0.39, 0.29) is 0 Å². The van der Waals surface area contributed by atoms with Crippen molar-refractivity contribution in [3.8, 4) is 0 Å². The fourth-order valence-corrected chi connectivity index (χ4v) is 3.27. The highest BCUT2D eigenvalue weighted by molar-refractivity contribution is 5.16. The Hall–Kier alpha value is -0.780. The van der Waals surface area contributed by atoms with Crippen LogP contribution < -0.4 is 0 Å². The number of hydrogen-bond donors (Lipinski definition) is 0. The molecule has 2 aliphatic carbocycles. The van der Waals surface area contributed by atoms with Crippen LogP contribution >= 0.6 is 0 Å². The molecule has 0 heteroatoms. The van der Waals surface area contributed by atoms with E-state index in [2.05, 4.69) is 36.8 Å². The number of fused-ring (bicyclic) bond motifs is 2. The van der Waals surface area contributed by atoms with E-state index in [1.165, 1.54) is 31.2 Å². The van der Waals surface area contributed by atoms with E-state index < -0.39 is 0 Å². The SMILES string of the molecule is [CH]1CC2CC1CC2Cc1ccccc1. The summed E-state index contributed by atoms with van der Waals surface area (Å²) in [6.45, 7) is 0. The topological polar surface area (TPSA) is 0 Å². The van der Waals surface area contributed by atoms with E-state index in [1.54, 1.807) is 0 Å². The molecule has 0 N–H and O–H groups in total. The minimum absolute atomic E-state index is 0.966. The van der Waals surface area contributed by atoms with Crippen molar-refractivity contribution in [3.05, 3.63) is 42.3 Å². The Labute approximate surface area is 86.3 Å². The summed E-state index contributed by atoms with van der Waals surface area (Å²) in [5, 5.41) is 0. The van der Waals surface area contributed by atoms with E-state index >= 15 is 0 Å². The van der Waals surface area contributed by atoms with Crippen LogP contribution in [0.15, 0.2) is 30.3 Å². The van der Waals surface area contributed by atoms with Gasteiger partial charge in [-0.05, 0) is 55.4 Å². The van der Waals surface area contributed by atoms with E-state index in [0.717, 1.165) is 17.8 Å². The van der Waals surface area contributed by atoms with Crippen LogP contribution in [0.4, 0.5) is 0 Å². The van der Waals surface area contributed by atoms with Gasteiger partial charge in [0.15, 0.2) is 0 Å². The Morgan fingerprint density at radius 2 is 1.93 bits per heavy atom. The molecule has 0 saturated heterocycles. The van der Waals surface area contributed by atoms with E-state index in [0.29, 0.717) is 0 Å². The summed E-state index contributed by atoms with van der Waals surface area (Å²) in [6, 6.07) is 11.0. The smallest absolute Gasteiger partial charge is 0.0248 e. The molecule has 1 radical (unpaired) electrons. The van der Waals surface area contributed by atoms with Crippen LogP contribution in [0.3, 0.4) is 0 Å². The Bertz CT molecular complexity index is 301. The molecule has 2 saturated carbocycles. The Kier molecular flexibility index (Phi) is 2.08. The van der Waals surface area contributed by atoms with Crippen LogP contribution in [-0.2, 0) is 6.42 Å². The van der Waals surface area contributed by atoms with Crippen LogP contribution in [0.1, 0.15) is 24.8 Å². The van der Waals surface area contributed by atoms with Gasteiger partial charge in [-0.15, -0.1) is 0 Å². The van der Waals surface area contributed by atoms with Gasteiger partial charge in [-0.3, -0.25) is 0 Å². The van der Waals surface area contributed by atoms with Crippen molar-refractivity contribution in [2.75, 3.05) is 0 Å². The molecule has 3 unspecified atom stereocenters. The zero-order chi connectivity index (χ0) is 9.38. The number of rotatable bonds is 2. The minimum atomic E-state index is 0.966. The Morgan fingerprint density at radius 3 is 2.57 bits per heavy atom. The standard InChI is InChI=1S/C14H17/c1-2-4-11(5-3-1)8-14-10-12-6-7-13(14)9-12/h1-6,12-14H,7-10H2. The first-order chi connectivity index (χ1) is 6.92. The second-order valence-corrected chi connectivity index (χ2v) is 4.91.